The number of carbonyl (C=O) groups excluding carboxylic acids is 2. The van der Waals surface area contributed by atoms with Gasteiger partial charge in [0.15, 0.2) is 0 Å². The fourth-order valence-corrected chi connectivity index (χ4v) is 1.61. The number of primary amides is 1. The molecule has 0 aromatic heterocycles. The summed E-state index contributed by atoms with van der Waals surface area (Å²) in [5.74, 6) is -5.03. The molecule has 0 heterocycles. The van der Waals surface area contributed by atoms with Gasteiger partial charge in [-0.05, 0) is 25.0 Å². The Bertz CT molecular complexity index is 590. The molecule has 0 unspecified atom stereocenters. The number of carboxylic acid groups (broad SMARTS) is 1. The van der Waals surface area contributed by atoms with Gasteiger partial charge in [-0.25, -0.2) is 13.6 Å². The monoisotopic (exact) mass is 300 g/mol. The van der Waals surface area contributed by atoms with Crippen LogP contribution < -0.4 is 11.1 Å². The van der Waals surface area contributed by atoms with Crippen LogP contribution in [-0.4, -0.2) is 28.9 Å². The van der Waals surface area contributed by atoms with E-state index in [2.05, 4.69) is 5.32 Å². The lowest BCUT2D eigenvalue weighted by Gasteiger charge is -2.14. The van der Waals surface area contributed by atoms with E-state index < -0.39 is 41.0 Å². The van der Waals surface area contributed by atoms with E-state index in [4.69, 9.17) is 10.8 Å². The van der Waals surface area contributed by atoms with Crippen LogP contribution >= 0.6 is 0 Å². The van der Waals surface area contributed by atoms with E-state index in [-0.39, 0.29) is 18.4 Å². The predicted molar refractivity (Wildman–Crippen MR) is 68.4 cm³/mol. The van der Waals surface area contributed by atoms with Gasteiger partial charge >= 0.3 is 5.97 Å². The molecule has 0 aliphatic heterocycles. The molecule has 0 fully saturated rings. The predicted octanol–water partition coefficient (Wildman–Crippen LogP) is 0.722. The molecule has 0 bridgehead atoms. The van der Waals surface area contributed by atoms with Crippen molar-refractivity contribution in [2.75, 3.05) is 0 Å². The highest BCUT2D eigenvalue weighted by Gasteiger charge is 2.23. The number of benzene rings is 1. The minimum atomic E-state index is -1.39. The SMILES string of the molecule is Cc1cc(C(=O)N[C@H](CCC(N)=O)C(=O)O)c(F)cc1F. The van der Waals surface area contributed by atoms with Crippen LogP contribution in [0.5, 0.6) is 0 Å². The van der Waals surface area contributed by atoms with Crippen LogP contribution in [0.3, 0.4) is 0 Å². The number of nitrogens with two attached hydrogens (primary N) is 1. The Morgan fingerprint density at radius 1 is 1.29 bits per heavy atom. The second-order valence-corrected chi connectivity index (χ2v) is 4.45. The zero-order valence-electron chi connectivity index (χ0n) is 11.2. The molecule has 1 atom stereocenters. The largest absolute Gasteiger partial charge is 0.480 e. The molecular weight excluding hydrogens is 286 g/mol. The molecular formula is C13H14F2N2O4. The molecule has 0 spiro atoms. The van der Waals surface area contributed by atoms with Crippen LogP contribution in [0.15, 0.2) is 12.1 Å². The third-order valence-corrected chi connectivity index (χ3v) is 2.78. The molecule has 0 aliphatic carbocycles. The number of halogens is 2. The summed E-state index contributed by atoms with van der Waals surface area (Å²) in [6, 6.07) is 0.130. The lowest BCUT2D eigenvalue weighted by atomic mass is 10.1. The van der Waals surface area contributed by atoms with Crippen LogP contribution in [0.4, 0.5) is 8.78 Å². The number of hydrogen-bond acceptors (Lipinski definition) is 3. The van der Waals surface area contributed by atoms with Crippen LogP contribution in [0.1, 0.15) is 28.8 Å². The van der Waals surface area contributed by atoms with Gasteiger partial charge in [-0.15, -0.1) is 0 Å². The van der Waals surface area contributed by atoms with Gasteiger partial charge in [0.25, 0.3) is 5.91 Å². The van der Waals surface area contributed by atoms with Gasteiger partial charge in [-0.1, -0.05) is 0 Å². The lowest BCUT2D eigenvalue weighted by Crippen LogP contribution is -2.41. The Morgan fingerprint density at radius 3 is 2.43 bits per heavy atom. The fourth-order valence-electron chi connectivity index (χ4n) is 1.61. The molecule has 0 saturated carbocycles. The molecule has 1 aromatic rings. The topological polar surface area (TPSA) is 109 Å². The Labute approximate surface area is 118 Å². The molecule has 0 saturated heterocycles. The van der Waals surface area contributed by atoms with E-state index in [9.17, 15) is 23.2 Å². The first-order valence-electron chi connectivity index (χ1n) is 6.00. The van der Waals surface area contributed by atoms with Crippen molar-refractivity contribution in [2.24, 2.45) is 5.73 Å². The number of nitrogens with one attached hydrogen (secondary N) is 1. The van der Waals surface area contributed by atoms with E-state index in [1.807, 2.05) is 0 Å². The highest BCUT2D eigenvalue weighted by molar-refractivity contribution is 5.97. The molecule has 8 heteroatoms. The summed E-state index contributed by atoms with van der Waals surface area (Å²) in [4.78, 5) is 33.4. The lowest BCUT2D eigenvalue weighted by molar-refractivity contribution is -0.139. The number of carboxylic acids is 1. The minimum Gasteiger partial charge on any atom is -0.480 e. The zero-order chi connectivity index (χ0) is 16.2. The number of aliphatic carboxylic acids is 1. The maximum absolute atomic E-state index is 13.5. The number of aryl methyl sites for hydroxylation is 1. The molecule has 4 N–H and O–H groups in total. The average Bonchev–Trinajstić information content (AvgIpc) is 2.37. The summed E-state index contributed by atoms with van der Waals surface area (Å²) in [5.41, 5.74) is 4.47. The Morgan fingerprint density at radius 2 is 1.90 bits per heavy atom. The Balaban J connectivity index is 2.89. The van der Waals surface area contributed by atoms with E-state index in [1.54, 1.807) is 0 Å². The number of rotatable bonds is 6. The highest BCUT2D eigenvalue weighted by atomic mass is 19.1. The third kappa shape index (κ3) is 4.51. The second-order valence-electron chi connectivity index (χ2n) is 4.45. The molecule has 0 aliphatic rings. The van der Waals surface area contributed by atoms with Gasteiger partial charge in [0.05, 0.1) is 5.56 Å². The summed E-state index contributed by atoms with van der Waals surface area (Å²) in [7, 11) is 0. The number of hydrogen-bond donors (Lipinski definition) is 3. The Hall–Kier alpha value is -2.51. The number of carbonyl (C=O) groups is 3. The van der Waals surface area contributed by atoms with Gasteiger partial charge in [0.1, 0.15) is 17.7 Å². The van der Waals surface area contributed by atoms with E-state index >= 15 is 0 Å². The second kappa shape index (κ2) is 6.78. The van der Waals surface area contributed by atoms with Gasteiger partial charge < -0.3 is 16.2 Å². The third-order valence-electron chi connectivity index (χ3n) is 2.78. The fraction of sp³-hybridized carbons (Fsp3) is 0.308. The summed E-state index contributed by atoms with van der Waals surface area (Å²) < 4.78 is 26.6. The van der Waals surface area contributed by atoms with Gasteiger partial charge in [-0.3, -0.25) is 9.59 Å². The van der Waals surface area contributed by atoms with Crippen LogP contribution in [0.2, 0.25) is 0 Å². The molecule has 21 heavy (non-hydrogen) atoms. The number of amides is 2. The molecule has 2 amide bonds. The standard InChI is InChI=1S/C13H14F2N2O4/c1-6-4-7(9(15)5-8(6)14)12(19)17-10(13(20)21)2-3-11(16)18/h4-5,10H,2-3H2,1H3,(H2,16,18)(H,17,19)(H,20,21)/t10-/m1/s1. The van der Waals surface area contributed by atoms with Crippen molar-refractivity contribution < 1.29 is 28.3 Å². The first-order valence-corrected chi connectivity index (χ1v) is 6.00. The Kier molecular flexibility index (Phi) is 5.34. The molecule has 1 rings (SSSR count). The van der Waals surface area contributed by atoms with Crippen molar-refractivity contribution >= 4 is 17.8 Å². The van der Waals surface area contributed by atoms with E-state index in [0.29, 0.717) is 6.07 Å². The van der Waals surface area contributed by atoms with Gasteiger partial charge in [0, 0.05) is 12.5 Å². The summed E-state index contributed by atoms with van der Waals surface area (Å²) in [6.45, 7) is 1.34. The van der Waals surface area contributed by atoms with Crippen molar-refractivity contribution in [3.63, 3.8) is 0 Å². The van der Waals surface area contributed by atoms with Crippen LogP contribution in [-0.2, 0) is 9.59 Å². The van der Waals surface area contributed by atoms with E-state index in [0.717, 1.165) is 6.07 Å². The van der Waals surface area contributed by atoms with Gasteiger partial charge in [0.2, 0.25) is 5.91 Å². The first-order chi connectivity index (χ1) is 9.72. The maximum Gasteiger partial charge on any atom is 0.326 e. The van der Waals surface area contributed by atoms with Crippen LogP contribution in [0.25, 0.3) is 0 Å². The van der Waals surface area contributed by atoms with Crippen molar-refractivity contribution in [1.29, 1.82) is 0 Å². The van der Waals surface area contributed by atoms with Gasteiger partial charge in [-0.2, -0.15) is 0 Å². The van der Waals surface area contributed by atoms with Crippen LogP contribution in [0, 0.1) is 18.6 Å². The molecule has 6 nitrogen and oxygen atoms in total. The summed E-state index contributed by atoms with van der Waals surface area (Å²) in [6.07, 6.45) is -0.472. The first kappa shape index (κ1) is 16.5. The quantitative estimate of drug-likeness (QED) is 0.719. The summed E-state index contributed by atoms with van der Waals surface area (Å²) >= 11 is 0. The smallest absolute Gasteiger partial charge is 0.326 e. The van der Waals surface area contributed by atoms with Crippen molar-refractivity contribution in [2.45, 2.75) is 25.8 Å². The maximum atomic E-state index is 13.5. The van der Waals surface area contributed by atoms with Crippen molar-refractivity contribution in [1.82, 2.24) is 5.32 Å². The highest BCUT2D eigenvalue weighted by Crippen LogP contribution is 2.14. The molecule has 0 radical (unpaired) electrons. The zero-order valence-corrected chi connectivity index (χ0v) is 11.2. The average molecular weight is 300 g/mol. The molecule has 114 valence electrons. The minimum absolute atomic E-state index is 0.0468. The summed E-state index contributed by atoms with van der Waals surface area (Å²) in [5, 5.41) is 11.0. The van der Waals surface area contributed by atoms with E-state index in [1.165, 1.54) is 6.92 Å². The van der Waals surface area contributed by atoms with Crippen molar-refractivity contribution in [3.05, 3.63) is 34.9 Å². The van der Waals surface area contributed by atoms with Crippen molar-refractivity contribution in [3.8, 4) is 0 Å². The normalized spacial score (nSPS) is 11.8. The molecule has 1 aromatic carbocycles.